The number of benzene rings is 2. The Balaban J connectivity index is 1.24. The highest BCUT2D eigenvalue weighted by Crippen LogP contribution is 2.17. The van der Waals surface area contributed by atoms with E-state index in [-0.39, 0.29) is 30.6 Å². The zero-order valence-electron chi connectivity index (χ0n) is 15.9. The highest BCUT2D eigenvalue weighted by atomic mass is 19.1. The highest BCUT2D eigenvalue weighted by molar-refractivity contribution is 6.04. The second-order valence-corrected chi connectivity index (χ2v) is 6.97. The van der Waals surface area contributed by atoms with Crippen LogP contribution >= 0.6 is 0 Å². The lowest BCUT2D eigenvalue weighted by atomic mass is 10.2. The first kappa shape index (κ1) is 18.9. The molecule has 4 rings (SSSR count). The van der Waals surface area contributed by atoms with Crippen molar-refractivity contribution in [3.63, 3.8) is 0 Å². The number of nitrogens with zero attached hydrogens (tertiary/aromatic N) is 3. The number of carbonyl (C=O) groups excluding carboxylic acids is 2. The predicted molar refractivity (Wildman–Crippen MR) is 108 cm³/mol. The van der Waals surface area contributed by atoms with Gasteiger partial charge in [-0.2, -0.15) is 5.10 Å². The van der Waals surface area contributed by atoms with Crippen LogP contribution in [0, 0.1) is 5.82 Å². The number of carbonyl (C=O) groups is 2. The molecule has 1 aromatic heterocycles. The van der Waals surface area contributed by atoms with Crippen LogP contribution in [-0.2, 0) is 4.79 Å². The average Bonchev–Trinajstić information content (AvgIpc) is 3.18. The summed E-state index contributed by atoms with van der Waals surface area (Å²) in [4.78, 5) is 28.7. The van der Waals surface area contributed by atoms with E-state index < -0.39 is 0 Å². The van der Waals surface area contributed by atoms with Crippen LogP contribution in [0.15, 0.2) is 48.5 Å². The van der Waals surface area contributed by atoms with Gasteiger partial charge >= 0.3 is 0 Å². The largest absolute Gasteiger partial charge is 0.368 e. The molecule has 2 amide bonds. The van der Waals surface area contributed by atoms with Crippen molar-refractivity contribution in [2.24, 2.45) is 0 Å². The summed E-state index contributed by atoms with van der Waals surface area (Å²) >= 11 is 0. The zero-order valence-corrected chi connectivity index (χ0v) is 15.9. The smallest absolute Gasteiger partial charge is 0.272 e. The minimum atomic E-state index is -0.295. The number of hydrogen-bond donors (Lipinski definition) is 2. The lowest BCUT2D eigenvalue weighted by Gasteiger charge is -2.36. The number of fused-ring (bicyclic) bond motifs is 1. The topological polar surface area (TPSA) is 81.3 Å². The molecular weight excluding hydrogens is 373 g/mol. The zero-order chi connectivity index (χ0) is 20.2. The fourth-order valence-electron chi connectivity index (χ4n) is 3.53. The number of para-hydroxylation sites is 1. The Labute approximate surface area is 167 Å². The molecule has 0 atom stereocenters. The standard InChI is InChI=1S/C21H22FN5O2/c22-15-5-7-16(8-6-15)26-11-13-27(14-12-26)19(28)9-10-23-21(29)20-17-3-1-2-4-18(17)24-25-20/h1-8H,9-14H2,(H,23,29)(H,24,25). The van der Waals surface area contributed by atoms with Crippen molar-refractivity contribution in [1.29, 1.82) is 0 Å². The molecule has 1 saturated heterocycles. The molecule has 150 valence electrons. The van der Waals surface area contributed by atoms with Crippen molar-refractivity contribution in [3.05, 3.63) is 60.0 Å². The van der Waals surface area contributed by atoms with E-state index in [1.54, 1.807) is 17.0 Å². The second kappa shape index (κ2) is 8.30. The molecule has 0 saturated carbocycles. The number of H-pyrrole nitrogens is 1. The third-order valence-corrected chi connectivity index (χ3v) is 5.13. The Morgan fingerprint density at radius 1 is 1.03 bits per heavy atom. The van der Waals surface area contributed by atoms with Crippen LogP contribution < -0.4 is 10.2 Å². The lowest BCUT2D eigenvalue weighted by Crippen LogP contribution is -2.49. The van der Waals surface area contributed by atoms with Gasteiger partial charge in [0.25, 0.3) is 5.91 Å². The van der Waals surface area contributed by atoms with E-state index in [0.29, 0.717) is 31.9 Å². The highest BCUT2D eigenvalue weighted by Gasteiger charge is 2.21. The summed E-state index contributed by atoms with van der Waals surface area (Å²) in [5.41, 5.74) is 2.09. The minimum Gasteiger partial charge on any atom is -0.368 e. The van der Waals surface area contributed by atoms with Crippen LogP contribution in [-0.4, -0.2) is 59.6 Å². The maximum absolute atomic E-state index is 13.1. The van der Waals surface area contributed by atoms with Gasteiger partial charge in [0.05, 0.1) is 5.52 Å². The van der Waals surface area contributed by atoms with E-state index in [9.17, 15) is 14.0 Å². The number of aromatic nitrogens is 2. The van der Waals surface area contributed by atoms with Crippen LogP contribution in [0.2, 0.25) is 0 Å². The Kier molecular flexibility index (Phi) is 5.41. The summed E-state index contributed by atoms with van der Waals surface area (Å²) in [5, 5.41) is 10.4. The van der Waals surface area contributed by atoms with Gasteiger partial charge in [0.1, 0.15) is 5.82 Å². The van der Waals surface area contributed by atoms with E-state index in [0.717, 1.165) is 16.6 Å². The van der Waals surface area contributed by atoms with Gasteiger partial charge in [0.2, 0.25) is 5.91 Å². The molecule has 29 heavy (non-hydrogen) atoms. The lowest BCUT2D eigenvalue weighted by molar-refractivity contribution is -0.131. The second-order valence-electron chi connectivity index (χ2n) is 6.97. The van der Waals surface area contributed by atoms with Gasteiger partial charge in [-0.15, -0.1) is 0 Å². The Morgan fingerprint density at radius 3 is 2.52 bits per heavy atom. The van der Waals surface area contributed by atoms with E-state index in [1.165, 1.54) is 12.1 Å². The summed E-state index contributed by atoms with van der Waals surface area (Å²) in [5.74, 6) is -0.542. The van der Waals surface area contributed by atoms with Gasteiger partial charge in [-0.25, -0.2) is 4.39 Å². The SMILES string of the molecule is O=C(NCCC(=O)N1CCN(c2ccc(F)cc2)CC1)c1n[nH]c2ccccc12. The van der Waals surface area contributed by atoms with Crippen molar-refractivity contribution >= 4 is 28.4 Å². The van der Waals surface area contributed by atoms with Gasteiger partial charge < -0.3 is 15.1 Å². The molecule has 0 bridgehead atoms. The van der Waals surface area contributed by atoms with Crippen molar-refractivity contribution in [2.45, 2.75) is 6.42 Å². The van der Waals surface area contributed by atoms with Gasteiger partial charge in [0, 0.05) is 50.2 Å². The number of anilines is 1. The Hall–Kier alpha value is -3.42. The molecule has 0 aliphatic carbocycles. The number of halogens is 1. The quantitative estimate of drug-likeness (QED) is 0.694. The summed E-state index contributed by atoms with van der Waals surface area (Å²) in [7, 11) is 0. The predicted octanol–water partition coefficient (Wildman–Crippen LogP) is 2.17. The summed E-state index contributed by atoms with van der Waals surface area (Å²) in [6.45, 7) is 2.87. The Morgan fingerprint density at radius 2 is 1.76 bits per heavy atom. The number of nitrogens with one attached hydrogen (secondary N) is 2. The van der Waals surface area contributed by atoms with Gasteiger partial charge in [-0.3, -0.25) is 14.7 Å². The third kappa shape index (κ3) is 4.21. The molecule has 2 heterocycles. The number of rotatable bonds is 5. The number of aromatic amines is 1. The van der Waals surface area contributed by atoms with Crippen LogP contribution in [0.4, 0.5) is 10.1 Å². The minimum absolute atomic E-state index is 0.0101. The molecule has 0 unspecified atom stereocenters. The maximum Gasteiger partial charge on any atom is 0.272 e. The molecule has 2 aromatic carbocycles. The number of amides is 2. The first-order valence-electron chi connectivity index (χ1n) is 9.61. The monoisotopic (exact) mass is 395 g/mol. The van der Waals surface area contributed by atoms with Crippen LogP contribution in [0.1, 0.15) is 16.9 Å². The third-order valence-electron chi connectivity index (χ3n) is 5.13. The van der Waals surface area contributed by atoms with E-state index in [4.69, 9.17) is 0 Å². The van der Waals surface area contributed by atoms with Crippen molar-refractivity contribution in [3.8, 4) is 0 Å². The number of hydrogen-bond acceptors (Lipinski definition) is 4. The van der Waals surface area contributed by atoms with Crippen molar-refractivity contribution < 1.29 is 14.0 Å². The molecule has 8 heteroatoms. The van der Waals surface area contributed by atoms with Gasteiger partial charge in [-0.1, -0.05) is 18.2 Å². The van der Waals surface area contributed by atoms with E-state index >= 15 is 0 Å². The molecule has 3 aromatic rings. The molecule has 1 aliphatic rings. The summed E-state index contributed by atoms with van der Waals surface area (Å²) < 4.78 is 13.1. The maximum atomic E-state index is 13.1. The average molecular weight is 395 g/mol. The fraction of sp³-hybridized carbons (Fsp3) is 0.286. The van der Waals surface area contributed by atoms with Crippen LogP contribution in [0.25, 0.3) is 10.9 Å². The fourth-order valence-corrected chi connectivity index (χ4v) is 3.53. The van der Waals surface area contributed by atoms with Crippen LogP contribution in [0.5, 0.6) is 0 Å². The molecule has 1 fully saturated rings. The molecule has 0 spiro atoms. The number of piperazine rings is 1. The molecule has 0 radical (unpaired) electrons. The molecular formula is C21H22FN5O2. The summed E-state index contributed by atoms with van der Waals surface area (Å²) in [6.07, 6.45) is 0.241. The van der Waals surface area contributed by atoms with Crippen molar-refractivity contribution in [1.82, 2.24) is 20.4 Å². The first-order chi connectivity index (χ1) is 14.1. The summed E-state index contributed by atoms with van der Waals surface area (Å²) in [6, 6.07) is 13.8. The van der Waals surface area contributed by atoms with Gasteiger partial charge in [0.15, 0.2) is 5.69 Å². The molecule has 7 nitrogen and oxygen atoms in total. The van der Waals surface area contributed by atoms with E-state index in [2.05, 4.69) is 20.4 Å². The van der Waals surface area contributed by atoms with E-state index in [1.807, 2.05) is 24.3 Å². The Bertz CT molecular complexity index is 1010. The van der Waals surface area contributed by atoms with Crippen molar-refractivity contribution in [2.75, 3.05) is 37.6 Å². The molecule has 2 N–H and O–H groups in total. The molecule has 1 aliphatic heterocycles. The normalized spacial score (nSPS) is 14.2. The van der Waals surface area contributed by atoms with Gasteiger partial charge in [-0.05, 0) is 30.3 Å². The first-order valence-corrected chi connectivity index (χ1v) is 9.61. The van der Waals surface area contributed by atoms with Crippen LogP contribution in [0.3, 0.4) is 0 Å².